The van der Waals surface area contributed by atoms with Gasteiger partial charge in [-0.05, 0) is 18.2 Å². The first-order valence-corrected chi connectivity index (χ1v) is 6.14. The molecule has 92 valence electrons. The quantitative estimate of drug-likeness (QED) is 0.885. The molecular formula is C11H13Cl2N3O. The summed E-state index contributed by atoms with van der Waals surface area (Å²) in [6, 6.07) is 5.29. The van der Waals surface area contributed by atoms with Gasteiger partial charge in [0, 0.05) is 31.2 Å². The van der Waals surface area contributed by atoms with Crippen LogP contribution in [0.4, 0.5) is 10.5 Å². The maximum atomic E-state index is 11.3. The summed E-state index contributed by atoms with van der Waals surface area (Å²) in [5, 5.41) is 7.13. The number of urea groups is 1. The smallest absolute Gasteiger partial charge is 0.317 e. The molecule has 6 heteroatoms. The maximum Gasteiger partial charge on any atom is 0.317 e. The maximum absolute atomic E-state index is 11.3. The Bertz CT molecular complexity index is 425. The van der Waals surface area contributed by atoms with Gasteiger partial charge in [0.1, 0.15) is 0 Å². The standard InChI is InChI=1S/C11H13Cl2N3O/c12-8-1-2-10(9(13)7-8)14-3-5-16-6-4-15-11(16)17/h1-2,7,14H,3-6H2,(H,15,17). The fraction of sp³-hybridized carbons (Fsp3) is 0.364. The van der Waals surface area contributed by atoms with Gasteiger partial charge in [0.25, 0.3) is 0 Å². The van der Waals surface area contributed by atoms with Gasteiger partial charge < -0.3 is 15.5 Å². The van der Waals surface area contributed by atoms with Crippen LogP contribution in [0.15, 0.2) is 18.2 Å². The van der Waals surface area contributed by atoms with Crippen molar-refractivity contribution in [1.29, 1.82) is 0 Å². The molecule has 1 aliphatic heterocycles. The molecule has 0 bridgehead atoms. The highest BCUT2D eigenvalue weighted by atomic mass is 35.5. The Labute approximate surface area is 110 Å². The molecule has 0 saturated carbocycles. The Balaban J connectivity index is 1.83. The molecule has 1 aromatic carbocycles. The Kier molecular flexibility index (Phi) is 3.97. The third kappa shape index (κ3) is 3.17. The van der Waals surface area contributed by atoms with E-state index >= 15 is 0 Å². The van der Waals surface area contributed by atoms with Crippen molar-refractivity contribution in [3.63, 3.8) is 0 Å². The summed E-state index contributed by atoms with van der Waals surface area (Å²) in [5.41, 5.74) is 0.829. The van der Waals surface area contributed by atoms with Crippen molar-refractivity contribution < 1.29 is 4.79 Å². The van der Waals surface area contributed by atoms with Crippen LogP contribution in [-0.4, -0.2) is 37.1 Å². The van der Waals surface area contributed by atoms with Crippen LogP contribution >= 0.6 is 23.2 Å². The molecule has 17 heavy (non-hydrogen) atoms. The monoisotopic (exact) mass is 273 g/mol. The van der Waals surface area contributed by atoms with Crippen LogP contribution in [-0.2, 0) is 0 Å². The molecule has 2 amide bonds. The highest BCUT2D eigenvalue weighted by Gasteiger charge is 2.18. The lowest BCUT2D eigenvalue weighted by molar-refractivity contribution is 0.219. The van der Waals surface area contributed by atoms with Gasteiger partial charge in [-0.2, -0.15) is 0 Å². The lowest BCUT2D eigenvalue weighted by atomic mass is 10.3. The van der Waals surface area contributed by atoms with E-state index in [9.17, 15) is 4.79 Å². The second kappa shape index (κ2) is 5.47. The first-order valence-electron chi connectivity index (χ1n) is 5.38. The number of anilines is 1. The van der Waals surface area contributed by atoms with Crippen LogP contribution < -0.4 is 10.6 Å². The van der Waals surface area contributed by atoms with E-state index in [0.717, 1.165) is 18.8 Å². The van der Waals surface area contributed by atoms with E-state index in [1.54, 1.807) is 17.0 Å². The molecule has 2 rings (SSSR count). The van der Waals surface area contributed by atoms with Crippen molar-refractivity contribution in [3.8, 4) is 0 Å². The average Bonchev–Trinajstić information content (AvgIpc) is 2.68. The van der Waals surface area contributed by atoms with Gasteiger partial charge in [0.2, 0.25) is 0 Å². The topological polar surface area (TPSA) is 44.4 Å². The summed E-state index contributed by atoms with van der Waals surface area (Å²) >= 11 is 11.8. The number of halogens is 2. The number of carbonyl (C=O) groups excluding carboxylic acids is 1. The summed E-state index contributed by atoms with van der Waals surface area (Å²) in [6.07, 6.45) is 0. The highest BCUT2D eigenvalue weighted by Crippen LogP contribution is 2.25. The Morgan fingerprint density at radius 1 is 1.41 bits per heavy atom. The van der Waals surface area contributed by atoms with Gasteiger partial charge >= 0.3 is 6.03 Å². The summed E-state index contributed by atoms with van der Waals surface area (Å²) in [7, 11) is 0. The number of hydrogen-bond acceptors (Lipinski definition) is 2. The van der Waals surface area contributed by atoms with E-state index in [1.165, 1.54) is 0 Å². The first-order chi connectivity index (χ1) is 8.16. The molecule has 1 saturated heterocycles. The zero-order valence-electron chi connectivity index (χ0n) is 9.17. The van der Waals surface area contributed by atoms with E-state index in [0.29, 0.717) is 23.1 Å². The van der Waals surface area contributed by atoms with Gasteiger partial charge in [-0.25, -0.2) is 4.79 Å². The van der Waals surface area contributed by atoms with Crippen LogP contribution in [0.3, 0.4) is 0 Å². The van der Waals surface area contributed by atoms with Crippen LogP contribution in [0.5, 0.6) is 0 Å². The number of nitrogens with one attached hydrogen (secondary N) is 2. The van der Waals surface area contributed by atoms with Crippen molar-refractivity contribution in [3.05, 3.63) is 28.2 Å². The van der Waals surface area contributed by atoms with E-state index in [2.05, 4.69) is 10.6 Å². The van der Waals surface area contributed by atoms with Gasteiger partial charge in [0.05, 0.1) is 10.7 Å². The molecule has 0 atom stereocenters. The minimum atomic E-state index is -0.00555. The van der Waals surface area contributed by atoms with Crippen LogP contribution in [0.25, 0.3) is 0 Å². The summed E-state index contributed by atoms with van der Waals surface area (Å²) in [4.78, 5) is 13.0. The van der Waals surface area contributed by atoms with E-state index in [-0.39, 0.29) is 6.03 Å². The minimum absolute atomic E-state index is 0.00555. The summed E-state index contributed by atoms with van der Waals surface area (Å²) in [5.74, 6) is 0. The highest BCUT2D eigenvalue weighted by molar-refractivity contribution is 6.36. The molecule has 1 heterocycles. The fourth-order valence-corrected chi connectivity index (χ4v) is 2.16. The van der Waals surface area contributed by atoms with Crippen LogP contribution in [0.1, 0.15) is 0 Å². The molecule has 1 aliphatic rings. The van der Waals surface area contributed by atoms with E-state index in [1.807, 2.05) is 6.07 Å². The predicted octanol–water partition coefficient (Wildman–Crippen LogP) is 2.43. The number of nitrogens with zero attached hydrogens (tertiary/aromatic N) is 1. The van der Waals surface area contributed by atoms with Crippen LogP contribution in [0.2, 0.25) is 10.0 Å². The fourth-order valence-electron chi connectivity index (χ4n) is 1.68. The second-order valence-electron chi connectivity index (χ2n) is 3.77. The van der Waals surface area contributed by atoms with Gasteiger partial charge in [-0.1, -0.05) is 23.2 Å². The van der Waals surface area contributed by atoms with Gasteiger partial charge in [0.15, 0.2) is 0 Å². The van der Waals surface area contributed by atoms with Crippen LogP contribution in [0, 0.1) is 0 Å². The molecule has 4 nitrogen and oxygen atoms in total. The van der Waals surface area contributed by atoms with Gasteiger partial charge in [-0.15, -0.1) is 0 Å². The Morgan fingerprint density at radius 3 is 2.88 bits per heavy atom. The average molecular weight is 274 g/mol. The van der Waals surface area contributed by atoms with Crippen molar-refractivity contribution in [2.45, 2.75) is 0 Å². The zero-order chi connectivity index (χ0) is 12.3. The van der Waals surface area contributed by atoms with Gasteiger partial charge in [-0.3, -0.25) is 0 Å². The molecule has 0 unspecified atom stereocenters. The minimum Gasteiger partial charge on any atom is -0.382 e. The third-order valence-electron chi connectivity index (χ3n) is 2.57. The van der Waals surface area contributed by atoms with Crippen molar-refractivity contribution in [2.24, 2.45) is 0 Å². The van der Waals surface area contributed by atoms with Crippen molar-refractivity contribution >= 4 is 34.9 Å². The van der Waals surface area contributed by atoms with Crippen molar-refractivity contribution in [2.75, 3.05) is 31.5 Å². The largest absolute Gasteiger partial charge is 0.382 e. The molecule has 1 fully saturated rings. The lowest BCUT2D eigenvalue weighted by Crippen LogP contribution is -2.32. The molecule has 2 N–H and O–H groups in total. The number of carbonyl (C=O) groups is 1. The second-order valence-corrected chi connectivity index (χ2v) is 4.61. The van der Waals surface area contributed by atoms with Crippen molar-refractivity contribution in [1.82, 2.24) is 10.2 Å². The number of hydrogen-bond donors (Lipinski definition) is 2. The molecule has 0 aromatic heterocycles. The van der Waals surface area contributed by atoms with E-state index in [4.69, 9.17) is 23.2 Å². The summed E-state index contributed by atoms with van der Waals surface area (Å²) in [6.45, 7) is 2.80. The predicted molar refractivity (Wildman–Crippen MR) is 69.9 cm³/mol. The number of benzene rings is 1. The molecule has 1 aromatic rings. The zero-order valence-corrected chi connectivity index (χ0v) is 10.7. The Hall–Kier alpha value is -1.13. The lowest BCUT2D eigenvalue weighted by Gasteiger charge is -2.15. The SMILES string of the molecule is O=C1NCCN1CCNc1ccc(Cl)cc1Cl. The normalized spacial score (nSPS) is 14.9. The Morgan fingerprint density at radius 2 is 2.24 bits per heavy atom. The summed E-state index contributed by atoms with van der Waals surface area (Å²) < 4.78 is 0. The van der Waals surface area contributed by atoms with E-state index < -0.39 is 0 Å². The molecule has 0 radical (unpaired) electrons. The number of amides is 2. The number of rotatable bonds is 4. The molecule has 0 aliphatic carbocycles. The molecule has 0 spiro atoms. The molecular weight excluding hydrogens is 261 g/mol. The third-order valence-corrected chi connectivity index (χ3v) is 3.12. The first kappa shape index (κ1) is 12.3.